The Bertz CT molecular complexity index is 591. The van der Waals surface area contributed by atoms with Crippen LogP contribution in [0.25, 0.3) is 5.69 Å². The number of aromatic nitrogens is 5. The van der Waals surface area contributed by atoms with Crippen LogP contribution in [0.5, 0.6) is 0 Å². The topological polar surface area (TPSA) is 77.6 Å². The average molecular weight is 250 g/mol. The summed E-state index contributed by atoms with van der Waals surface area (Å²) in [5.41, 5.74) is 0.688. The highest BCUT2D eigenvalue weighted by Gasteiger charge is 2.43. The molecule has 1 saturated carbocycles. The van der Waals surface area contributed by atoms with Crippen molar-refractivity contribution in [2.45, 2.75) is 12.6 Å². The Morgan fingerprint density at radius 1 is 1.50 bits per heavy atom. The van der Waals surface area contributed by atoms with E-state index < -0.39 is 12.1 Å². The van der Waals surface area contributed by atoms with Gasteiger partial charge >= 0.3 is 0 Å². The highest BCUT2D eigenvalue weighted by Crippen LogP contribution is 2.34. The van der Waals surface area contributed by atoms with Gasteiger partial charge in [-0.1, -0.05) is 0 Å². The van der Waals surface area contributed by atoms with Crippen LogP contribution in [0.1, 0.15) is 6.42 Å². The third-order valence-corrected chi connectivity index (χ3v) is 2.71. The van der Waals surface area contributed by atoms with Crippen molar-refractivity contribution in [2.24, 2.45) is 13.0 Å². The molecule has 0 saturated heterocycles. The largest absolute Gasteiger partial charge is 0.308 e. The molecule has 1 aliphatic rings. The number of nitrogens with zero attached hydrogens (tertiary/aromatic N) is 5. The van der Waals surface area contributed by atoms with Crippen LogP contribution in [-0.4, -0.2) is 36.9 Å². The highest BCUT2D eigenvalue weighted by atomic mass is 19.1. The Labute approximate surface area is 102 Å². The fraction of sp³-hybridized carbons (Fsp3) is 0.400. The van der Waals surface area contributed by atoms with Gasteiger partial charge < -0.3 is 5.32 Å². The third-order valence-electron chi connectivity index (χ3n) is 2.71. The monoisotopic (exact) mass is 250 g/mol. The standard InChI is InChI=1S/C10H11FN6O/c1-16-5-6(3-12-16)17-13-4-9(15-17)14-10(18)7-2-8(7)11/h3-5,7-8H,2H2,1H3,(H,14,15,18)/t7-,8-/m1/s1. The predicted molar refractivity (Wildman–Crippen MR) is 59.8 cm³/mol. The number of rotatable bonds is 3. The second-order valence-corrected chi connectivity index (χ2v) is 4.24. The lowest BCUT2D eigenvalue weighted by Crippen LogP contribution is -2.15. The van der Waals surface area contributed by atoms with Gasteiger partial charge in [0.05, 0.1) is 24.5 Å². The lowest BCUT2D eigenvalue weighted by molar-refractivity contribution is -0.117. The molecule has 2 aromatic heterocycles. The van der Waals surface area contributed by atoms with Crippen LogP contribution in [0.2, 0.25) is 0 Å². The van der Waals surface area contributed by atoms with Gasteiger partial charge in [0.25, 0.3) is 0 Å². The summed E-state index contributed by atoms with van der Waals surface area (Å²) in [6.07, 6.45) is 4.04. The van der Waals surface area contributed by atoms with E-state index in [1.54, 1.807) is 24.1 Å². The molecule has 18 heavy (non-hydrogen) atoms. The summed E-state index contributed by atoms with van der Waals surface area (Å²) >= 11 is 0. The number of anilines is 1. The maximum Gasteiger partial charge on any atom is 0.231 e. The van der Waals surface area contributed by atoms with E-state index in [0.29, 0.717) is 17.9 Å². The summed E-state index contributed by atoms with van der Waals surface area (Å²) in [5, 5.41) is 14.6. The van der Waals surface area contributed by atoms with Gasteiger partial charge in [-0.25, -0.2) is 4.39 Å². The Balaban J connectivity index is 1.71. The Morgan fingerprint density at radius 3 is 2.89 bits per heavy atom. The molecule has 94 valence electrons. The Morgan fingerprint density at radius 2 is 2.28 bits per heavy atom. The summed E-state index contributed by atoms with van der Waals surface area (Å²) < 4.78 is 14.3. The summed E-state index contributed by atoms with van der Waals surface area (Å²) in [6, 6.07) is 0. The summed E-state index contributed by atoms with van der Waals surface area (Å²) in [6.45, 7) is 0. The Hall–Kier alpha value is -2.25. The van der Waals surface area contributed by atoms with Crippen LogP contribution >= 0.6 is 0 Å². The van der Waals surface area contributed by atoms with E-state index in [1.165, 1.54) is 11.0 Å². The second kappa shape index (κ2) is 3.90. The van der Waals surface area contributed by atoms with Gasteiger partial charge in [-0.2, -0.15) is 10.2 Å². The number of alkyl halides is 1. The minimum absolute atomic E-state index is 0.294. The van der Waals surface area contributed by atoms with E-state index in [4.69, 9.17) is 0 Å². The highest BCUT2D eigenvalue weighted by molar-refractivity contribution is 5.93. The molecule has 0 radical (unpaired) electrons. The first-order valence-electron chi connectivity index (χ1n) is 5.50. The number of nitrogens with one attached hydrogen (secondary N) is 1. The normalized spacial score (nSPS) is 21.9. The van der Waals surface area contributed by atoms with Crippen LogP contribution in [0.4, 0.5) is 10.2 Å². The molecule has 0 bridgehead atoms. The maximum absolute atomic E-state index is 12.7. The van der Waals surface area contributed by atoms with Crippen molar-refractivity contribution in [3.05, 3.63) is 18.6 Å². The second-order valence-electron chi connectivity index (χ2n) is 4.24. The minimum Gasteiger partial charge on any atom is -0.308 e. The molecule has 0 spiro atoms. The van der Waals surface area contributed by atoms with Crippen LogP contribution in [0.15, 0.2) is 18.6 Å². The lowest BCUT2D eigenvalue weighted by atomic mass is 10.4. The molecule has 2 heterocycles. The van der Waals surface area contributed by atoms with Gasteiger partial charge in [0.15, 0.2) is 5.82 Å². The van der Waals surface area contributed by atoms with Crippen molar-refractivity contribution < 1.29 is 9.18 Å². The minimum atomic E-state index is -1.02. The number of hydrogen-bond acceptors (Lipinski definition) is 4. The van der Waals surface area contributed by atoms with E-state index in [0.717, 1.165) is 0 Å². The summed E-state index contributed by atoms with van der Waals surface area (Å²) in [7, 11) is 1.78. The fourth-order valence-electron chi connectivity index (χ4n) is 1.61. The Kier molecular flexibility index (Phi) is 2.35. The van der Waals surface area contributed by atoms with Gasteiger partial charge in [0, 0.05) is 7.05 Å². The number of aryl methyl sites for hydroxylation is 1. The first kappa shape index (κ1) is 10.9. The first-order valence-corrected chi connectivity index (χ1v) is 5.50. The number of carbonyl (C=O) groups is 1. The molecule has 0 aromatic carbocycles. The van der Waals surface area contributed by atoms with Crippen molar-refractivity contribution in [1.29, 1.82) is 0 Å². The number of carbonyl (C=O) groups excluding carboxylic acids is 1. The van der Waals surface area contributed by atoms with Crippen molar-refractivity contribution in [3.63, 3.8) is 0 Å². The molecule has 2 atom stereocenters. The van der Waals surface area contributed by atoms with Crippen LogP contribution in [0, 0.1) is 5.92 Å². The zero-order valence-electron chi connectivity index (χ0n) is 9.62. The molecule has 1 fully saturated rings. The van der Waals surface area contributed by atoms with E-state index >= 15 is 0 Å². The number of halogens is 1. The SMILES string of the molecule is Cn1cc(-n2ncc(NC(=O)[C@@H]3C[C@H]3F)n2)cn1. The van der Waals surface area contributed by atoms with Gasteiger partial charge in [-0.05, 0) is 6.42 Å². The maximum atomic E-state index is 12.7. The molecule has 1 aliphatic carbocycles. The zero-order chi connectivity index (χ0) is 12.7. The number of amides is 1. The molecule has 0 aliphatic heterocycles. The van der Waals surface area contributed by atoms with Crippen LogP contribution in [-0.2, 0) is 11.8 Å². The van der Waals surface area contributed by atoms with Crippen molar-refractivity contribution in [3.8, 4) is 5.69 Å². The van der Waals surface area contributed by atoms with Gasteiger partial charge in [0.1, 0.15) is 11.9 Å². The summed E-state index contributed by atoms with van der Waals surface area (Å²) in [4.78, 5) is 12.8. The quantitative estimate of drug-likeness (QED) is 0.849. The lowest BCUT2D eigenvalue weighted by Gasteiger charge is -1.97. The molecule has 0 unspecified atom stereocenters. The smallest absolute Gasteiger partial charge is 0.231 e. The molecular weight excluding hydrogens is 239 g/mol. The van der Waals surface area contributed by atoms with Crippen LogP contribution < -0.4 is 5.32 Å². The van der Waals surface area contributed by atoms with Gasteiger partial charge in [0.2, 0.25) is 5.91 Å². The molecule has 1 N–H and O–H groups in total. The first-order chi connectivity index (χ1) is 8.63. The molecule has 3 rings (SSSR count). The van der Waals surface area contributed by atoms with Crippen molar-refractivity contribution in [2.75, 3.05) is 5.32 Å². The molecular formula is C10H11FN6O. The third kappa shape index (κ3) is 1.96. The van der Waals surface area contributed by atoms with Gasteiger partial charge in [-0.3, -0.25) is 9.48 Å². The fourth-order valence-corrected chi connectivity index (χ4v) is 1.61. The zero-order valence-corrected chi connectivity index (χ0v) is 9.62. The van der Waals surface area contributed by atoms with E-state index in [1.807, 2.05) is 0 Å². The van der Waals surface area contributed by atoms with Crippen LogP contribution in [0.3, 0.4) is 0 Å². The predicted octanol–water partition coefficient (Wildman–Crippen LogP) is 0.297. The molecule has 2 aromatic rings. The summed E-state index contributed by atoms with van der Waals surface area (Å²) in [5.74, 6) is -0.572. The van der Waals surface area contributed by atoms with Gasteiger partial charge in [-0.15, -0.1) is 9.90 Å². The van der Waals surface area contributed by atoms with E-state index in [2.05, 4.69) is 20.6 Å². The van der Waals surface area contributed by atoms with E-state index in [-0.39, 0.29) is 5.91 Å². The molecule has 1 amide bonds. The van der Waals surface area contributed by atoms with Crippen molar-refractivity contribution in [1.82, 2.24) is 24.8 Å². The average Bonchev–Trinajstić information content (AvgIpc) is 2.77. The molecule has 7 nitrogen and oxygen atoms in total. The molecule has 8 heteroatoms. The number of hydrogen-bond donors (Lipinski definition) is 1. The van der Waals surface area contributed by atoms with E-state index in [9.17, 15) is 9.18 Å². The van der Waals surface area contributed by atoms with Crippen molar-refractivity contribution >= 4 is 11.7 Å².